The van der Waals surface area contributed by atoms with Gasteiger partial charge in [-0.1, -0.05) is 0 Å². The summed E-state index contributed by atoms with van der Waals surface area (Å²) in [6, 6.07) is 0. The molecule has 2 N–H and O–H groups in total. The Bertz CT molecular complexity index is 204. The van der Waals surface area contributed by atoms with Gasteiger partial charge in [-0.2, -0.15) is 5.10 Å². The standard InChI is InChI=1S/C7H10N2O/c1-10-7-4-2-6(9-8)3-5-7/h2,4-5H,3,8H2,1H3/b9-6+. The smallest absolute Gasteiger partial charge is 0.115 e. The van der Waals surface area contributed by atoms with Gasteiger partial charge in [0.05, 0.1) is 12.8 Å². The number of ether oxygens (including phenoxy) is 1. The molecule has 0 saturated carbocycles. The number of hydrogen-bond donors (Lipinski definition) is 1. The van der Waals surface area contributed by atoms with Gasteiger partial charge in [-0.15, -0.1) is 0 Å². The van der Waals surface area contributed by atoms with Crippen molar-refractivity contribution in [2.24, 2.45) is 10.9 Å². The molecule has 0 aromatic carbocycles. The summed E-state index contributed by atoms with van der Waals surface area (Å²) in [4.78, 5) is 0. The summed E-state index contributed by atoms with van der Waals surface area (Å²) in [7, 11) is 1.64. The molecule has 3 heteroatoms. The van der Waals surface area contributed by atoms with Crippen LogP contribution in [-0.2, 0) is 4.74 Å². The van der Waals surface area contributed by atoms with Crippen LogP contribution >= 0.6 is 0 Å². The molecule has 0 heterocycles. The quantitative estimate of drug-likeness (QED) is 0.430. The van der Waals surface area contributed by atoms with E-state index in [0.717, 1.165) is 17.9 Å². The van der Waals surface area contributed by atoms with E-state index in [1.807, 2.05) is 18.2 Å². The molecule has 0 unspecified atom stereocenters. The van der Waals surface area contributed by atoms with Crippen LogP contribution in [0.25, 0.3) is 0 Å². The second kappa shape index (κ2) is 3.06. The predicted octanol–water partition coefficient (Wildman–Crippen LogP) is 0.791. The third kappa shape index (κ3) is 1.37. The Morgan fingerprint density at radius 1 is 1.60 bits per heavy atom. The summed E-state index contributed by atoms with van der Waals surface area (Å²) < 4.78 is 4.96. The molecule has 0 aliphatic heterocycles. The number of hydrogen-bond acceptors (Lipinski definition) is 3. The summed E-state index contributed by atoms with van der Waals surface area (Å²) in [5.41, 5.74) is 0.876. The Labute approximate surface area is 59.9 Å². The fraction of sp³-hybridized carbons (Fsp3) is 0.286. The molecule has 0 spiro atoms. The zero-order valence-corrected chi connectivity index (χ0v) is 5.87. The van der Waals surface area contributed by atoms with Gasteiger partial charge in [0.2, 0.25) is 0 Å². The number of hydrazone groups is 1. The van der Waals surface area contributed by atoms with Crippen LogP contribution in [0.15, 0.2) is 29.1 Å². The van der Waals surface area contributed by atoms with E-state index in [9.17, 15) is 0 Å². The van der Waals surface area contributed by atoms with Gasteiger partial charge in [0.15, 0.2) is 0 Å². The van der Waals surface area contributed by atoms with Crippen molar-refractivity contribution >= 4 is 5.71 Å². The zero-order valence-electron chi connectivity index (χ0n) is 5.87. The van der Waals surface area contributed by atoms with Gasteiger partial charge in [-0.25, -0.2) is 0 Å². The van der Waals surface area contributed by atoms with Crippen molar-refractivity contribution in [3.63, 3.8) is 0 Å². The first-order chi connectivity index (χ1) is 4.86. The maximum Gasteiger partial charge on any atom is 0.115 e. The van der Waals surface area contributed by atoms with Crippen molar-refractivity contribution in [1.29, 1.82) is 0 Å². The van der Waals surface area contributed by atoms with Gasteiger partial charge in [-0.3, -0.25) is 0 Å². The van der Waals surface area contributed by atoms with E-state index >= 15 is 0 Å². The minimum absolute atomic E-state index is 0.760. The van der Waals surface area contributed by atoms with Crippen LogP contribution in [-0.4, -0.2) is 12.8 Å². The van der Waals surface area contributed by atoms with Gasteiger partial charge >= 0.3 is 0 Å². The van der Waals surface area contributed by atoms with Crippen molar-refractivity contribution in [3.8, 4) is 0 Å². The first-order valence-electron chi connectivity index (χ1n) is 3.06. The largest absolute Gasteiger partial charge is 0.497 e. The highest BCUT2D eigenvalue weighted by Gasteiger charge is 1.99. The Balaban J connectivity index is 2.63. The highest BCUT2D eigenvalue weighted by molar-refractivity contribution is 5.97. The van der Waals surface area contributed by atoms with Crippen LogP contribution in [0.1, 0.15) is 6.42 Å². The van der Waals surface area contributed by atoms with Crippen molar-refractivity contribution in [2.75, 3.05) is 7.11 Å². The number of allylic oxidation sites excluding steroid dienone is 3. The molecule has 0 radical (unpaired) electrons. The van der Waals surface area contributed by atoms with Crippen molar-refractivity contribution in [1.82, 2.24) is 0 Å². The average molecular weight is 138 g/mol. The highest BCUT2D eigenvalue weighted by atomic mass is 16.5. The van der Waals surface area contributed by atoms with E-state index in [1.54, 1.807) is 7.11 Å². The van der Waals surface area contributed by atoms with Crippen LogP contribution in [0.5, 0.6) is 0 Å². The monoisotopic (exact) mass is 138 g/mol. The molecule has 3 nitrogen and oxygen atoms in total. The third-order valence-electron chi connectivity index (χ3n) is 1.35. The highest BCUT2D eigenvalue weighted by Crippen LogP contribution is 2.07. The SMILES string of the molecule is COC1=CC/C(=N/N)C=C1. The molecule has 0 fully saturated rings. The lowest BCUT2D eigenvalue weighted by Gasteiger charge is -2.05. The predicted molar refractivity (Wildman–Crippen MR) is 40.5 cm³/mol. The van der Waals surface area contributed by atoms with E-state index < -0.39 is 0 Å². The second-order valence-corrected chi connectivity index (χ2v) is 1.97. The fourth-order valence-electron chi connectivity index (χ4n) is 0.767. The number of nitrogens with two attached hydrogens (primary N) is 1. The Kier molecular flexibility index (Phi) is 2.10. The average Bonchev–Trinajstić information content (AvgIpc) is 2.05. The summed E-state index contributed by atoms with van der Waals surface area (Å²) in [6.45, 7) is 0. The lowest BCUT2D eigenvalue weighted by Crippen LogP contribution is -2.01. The first kappa shape index (κ1) is 6.86. The molecule has 1 rings (SSSR count). The lowest BCUT2D eigenvalue weighted by atomic mass is 10.1. The molecule has 1 aliphatic rings. The van der Waals surface area contributed by atoms with Crippen molar-refractivity contribution < 1.29 is 4.74 Å². The van der Waals surface area contributed by atoms with Crippen molar-refractivity contribution in [2.45, 2.75) is 6.42 Å². The molecule has 0 atom stereocenters. The number of nitrogens with zero attached hydrogens (tertiary/aromatic N) is 1. The summed E-state index contributed by atoms with van der Waals surface area (Å²) >= 11 is 0. The molecule has 10 heavy (non-hydrogen) atoms. The molecule has 0 aromatic rings. The fourth-order valence-corrected chi connectivity index (χ4v) is 0.767. The first-order valence-corrected chi connectivity index (χ1v) is 3.06. The number of rotatable bonds is 1. The second-order valence-electron chi connectivity index (χ2n) is 1.97. The molecular formula is C7H10N2O. The molecule has 1 aliphatic carbocycles. The molecule has 0 aromatic heterocycles. The topological polar surface area (TPSA) is 47.6 Å². The van der Waals surface area contributed by atoms with E-state index in [-0.39, 0.29) is 0 Å². The van der Waals surface area contributed by atoms with Gasteiger partial charge in [0, 0.05) is 6.42 Å². The van der Waals surface area contributed by atoms with E-state index in [2.05, 4.69) is 5.10 Å². The summed E-state index contributed by atoms with van der Waals surface area (Å²) in [5, 5.41) is 3.55. The van der Waals surface area contributed by atoms with Crippen LogP contribution in [0.4, 0.5) is 0 Å². The summed E-state index contributed by atoms with van der Waals surface area (Å²) in [6.07, 6.45) is 6.38. The maximum atomic E-state index is 5.06. The van der Waals surface area contributed by atoms with Gasteiger partial charge in [-0.05, 0) is 18.2 Å². The molecule has 54 valence electrons. The lowest BCUT2D eigenvalue weighted by molar-refractivity contribution is 0.305. The Morgan fingerprint density at radius 2 is 2.40 bits per heavy atom. The van der Waals surface area contributed by atoms with Crippen LogP contribution in [0.3, 0.4) is 0 Å². The van der Waals surface area contributed by atoms with Crippen LogP contribution in [0, 0.1) is 0 Å². The Hall–Kier alpha value is -1.25. The normalized spacial score (nSPS) is 20.9. The third-order valence-corrected chi connectivity index (χ3v) is 1.35. The van der Waals surface area contributed by atoms with Gasteiger partial charge < -0.3 is 10.6 Å². The minimum Gasteiger partial charge on any atom is -0.497 e. The van der Waals surface area contributed by atoms with E-state index in [0.29, 0.717) is 0 Å². The molecule has 0 bridgehead atoms. The van der Waals surface area contributed by atoms with Gasteiger partial charge in [0.1, 0.15) is 5.76 Å². The van der Waals surface area contributed by atoms with E-state index in [4.69, 9.17) is 10.6 Å². The Morgan fingerprint density at radius 3 is 2.80 bits per heavy atom. The van der Waals surface area contributed by atoms with Crippen molar-refractivity contribution in [3.05, 3.63) is 24.0 Å². The maximum absolute atomic E-state index is 5.06. The van der Waals surface area contributed by atoms with Crippen LogP contribution < -0.4 is 5.84 Å². The molecule has 0 saturated heterocycles. The zero-order chi connectivity index (χ0) is 7.40. The molecular weight excluding hydrogens is 128 g/mol. The van der Waals surface area contributed by atoms with Gasteiger partial charge in [0.25, 0.3) is 0 Å². The van der Waals surface area contributed by atoms with E-state index in [1.165, 1.54) is 0 Å². The number of methoxy groups -OCH3 is 1. The minimum atomic E-state index is 0.760. The van der Waals surface area contributed by atoms with Crippen LogP contribution in [0.2, 0.25) is 0 Å². The summed E-state index contributed by atoms with van der Waals surface area (Å²) in [5.74, 6) is 5.92. The molecule has 0 amide bonds.